The van der Waals surface area contributed by atoms with Crippen LogP contribution in [0.15, 0.2) is 28.8 Å². The molecule has 0 aliphatic heterocycles. The van der Waals surface area contributed by atoms with Crippen molar-refractivity contribution in [1.82, 2.24) is 20.1 Å². The van der Waals surface area contributed by atoms with Gasteiger partial charge >= 0.3 is 0 Å². The first kappa shape index (κ1) is 13.5. The highest BCUT2D eigenvalue weighted by atomic mass is 16.5. The van der Waals surface area contributed by atoms with Gasteiger partial charge in [0.1, 0.15) is 17.5 Å². The molecule has 2 aromatic heterocycles. The Morgan fingerprint density at radius 2 is 1.91 bits per heavy atom. The van der Waals surface area contributed by atoms with Crippen LogP contribution in [0.2, 0.25) is 0 Å². The number of hydrogen-bond donors (Lipinski definition) is 2. The summed E-state index contributed by atoms with van der Waals surface area (Å²) in [6, 6.07) is 9.20. The number of nitrogens with zero attached hydrogens (tertiary/aromatic N) is 5. The zero-order chi connectivity index (χ0) is 15.7. The van der Waals surface area contributed by atoms with Gasteiger partial charge in [-0.1, -0.05) is 23.4 Å². The largest absolute Gasteiger partial charge is 0.382 e. The summed E-state index contributed by atoms with van der Waals surface area (Å²) >= 11 is 0. The van der Waals surface area contributed by atoms with Gasteiger partial charge in [-0.05, 0) is 6.07 Å². The number of aromatic nitrogens is 4. The van der Waals surface area contributed by atoms with Crippen LogP contribution in [-0.4, -0.2) is 20.1 Å². The summed E-state index contributed by atoms with van der Waals surface area (Å²) in [5.74, 6) is 0.972. The molecular weight excluding hydrogens is 282 g/mol. The lowest BCUT2D eigenvalue weighted by molar-refractivity contribution is 0.394. The molecular formula is C14H11N7O. The summed E-state index contributed by atoms with van der Waals surface area (Å²) in [6.07, 6.45) is 0. The van der Waals surface area contributed by atoms with Crippen LogP contribution in [-0.2, 0) is 0 Å². The minimum atomic E-state index is 0.00677. The lowest BCUT2D eigenvalue weighted by atomic mass is 10.0. The fourth-order valence-electron chi connectivity index (χ4n) is 2.04. The van der Waals surface area contributed by atoms with Crippen molar-refractivity contribution in [2.24, 2.45) is 0 Å². The fraction of sp³-hybridized carbons (Fsp3) is 0.0714. The van der Waals surface area contributed by atoms with E-state index in [1.165, 1.54) is 0 Å². The molecule has 0 aliphatic rings. The predicted molar refractivity (Wildman–Crippen MR) is 79.0 cm³/mol. The summed E-state index contributed by atoms with van der Waals surface area (Å²) < 4.78 is 4.97. The van der Waals surface area contributed by atoms with Gasteiger partial charge in [0.05, 0.1) is 5.69 Å². The molecule has 0 unspecified atom stereocenters. The highest BCUT2D eigenvalue weighted by molar-refractivity contribution is 5.76. The van der Waals surface area contributed by atoms with E-state index in [-0.39, 0.29) is 17.3 Å². The fourth-order valence-corrected chi connectivity index (χ4v) is 2.04. The Kier molecular flexibility index (Phi) is 3.16. The Labute approximate surface area is 125 Å². The van der Waals surface area contributed by atoms with E-state index in [1.54, 1.807) is 25.1 Å². The quantitative estimate of drug-likeness (QED) is 0.724. The number of nitrogens with two attached hydrogens (primary N) is 2. The second-order valence-electron chi connectivity index (χ2n) is 4.52. The van der Waals surface area contributed by atoms with Crippen molar-refractivity contribution in [2.75, 3.05) is 11.5 Å². The predicted octanol–water partition coefficient (Wildman–Crippen LogP) is 1.54. The monoisotopic (exact) mass is 293 g/mol. The van der Waals surface area contributed by atoms with E-state index in [9.17, 15) is 5.26 Å². The van der Waals surface area contributed by atoms with Crippen molar-refractivity contribution in [3.05, 3.63) is 35.7 Å². The number of aryl methyl sites for hydroxylation is 1. The van der Waals surface area contributed by atoms with Crippen LogP contribution in [0.3, 0.4) is 0 Å². The van der Waals surface area contributed by atoms with Gasteiger partial charge in [-0.2, -0.15) is 15.2 Å². The Morgan fingerprint density at radius 1 is 1.14 bits per heavy atom. The second-order valence-corrected chi connectivity index (χ2v) is 4.52. The molecule has 0 fully saturated rings. The van der Waals surface area contributed by atoms with Crippen molar-refractivity contribution in [3.8, 4) is 28.7 Å². The maximum Gasteiger partial charge on any atom is 0.223 e. The van der Waals surface area contributed by atoms with E-state index < -0.39 is 0 Å². The first-order chi connectivity index (χ1) is 10.6. The molecule has 22 heavy (non-hydrogen) atoms. The smallest absolute Gasteiger partial charge is 0.223 e. The first-order valence-corrected chi connectivity index (χ1v) is 6.32. The van der Waals surface area contributed by atoms with E-state index >= 15 is 0 Å². The number of nitrogen functional groups attached to an aromatic ring is 2. The molecule has 0 bridgehead atoms. The van der Waals surface area contributed by atoms with Crippen molar-refractivity contribution in [3.63, 3.8) is 0 Å². The van der Waals surface area contributed by atoms with Gasteiger partial charge in [0.25, 0.3) is 0 Å². The summed E-state index contributed by atoms with van der Waals surface area (Å²) in [5.41, 5.74) is 13.3. The third-order valence-electron chi connectivity index (χ3n) is 2.99. The molecule has 0 radical (unpaired) electrons. The molecule has 0 amide bonds. The topological polar surface area (TPSA) is 141 Å². The Bertz CT molecular complexity index is 894. The van der Waals surface area contributed by atoms with Crippen LogP contribution in [0.1, 0.15) is 11.5 Å². The standard InChI is InChI=1S/C14H11N7O/c1-7-18-13(21-22-7)9-4-2-3-8(5-9)11-10(6-15)12(16)20-14(17)19-11/h2-5H,1H3,(H4,16,17,19,20). The molecule has 3 aromatic rings. The summed E-state index contributed by atoms with van der Waals surface area (Å²) in [4.78, 5) is 12.1. The highest BCUT2D eigenvalue weighted by Gasteiger charge is 2.14. The number of benzene rings is 1. The van der Waals surface area contributed by atoms with Gasteiger partial charge in [0, 0.05) is 18.1 Å². The molecule has 0 aliphatic carbocycles. The van der Waals surface area contributed by atoms with Gasteiger partial charge in [-0.25, -0.2) is 4.98 Å². The zero-order valence-corrected chi connectivity index (χ0v) is 11.6. The van der Waals surface area contributed by atoms with Crippen LogP contribution < -0.4 is 11.5 Å². The van der Waals surface area contributed by atoms with Crippen LogP contribution in [0.5, 0.6) is 0 Å². The van der Waals surface area contributed by atoms with Gasteiger partial charge in [0.15, 0.2) is 0 Å². The molecule has 4 N–H and O–H groups in total. The van der Waals surface area contributed by atoms with Crippen LogP contribution >= 0.6 is 0 Å². The van der Waals surface area contributed by atoms with Gasteiger partial charge in [-0.3, -0.25) is 0 Å². The molecule has 8 heteroatoms. The third kappa shape index (κ3) is 2.31. The van der Waals surface area contributed by atoms with E-state index in [0.29, 0.717) is 23.0 Å². The Balaban J connectivity index is 2.16. The third-order valence-corrected chi connectivity index (χ3v) is 2.99. The zero-order valence-electron chi connectivity index (χ0n) is 11.6. The van der Waals surface area contributed by atoms with Crippen molar-refractivity contribution < 1.29 is 4.52 Å². The van der Waals surface area contributed by atoms with Crippen LogP contribution in [0.4, 0.5) is 11.8 Å². The highest BCUT2D eigenvalue weighted by Crippen LogP contribution is 2.28. The molecule has 0 spiro atoms. The normalized spacial score (nSPS) is 10.4. The van der Waals surface area contributed by atoms with E-state index in [2.05, 4.69) is 20.1 Å². The van der Waals surface area contributed by atoms with Crippen LogP contribution in [0.25, 0.3) is 22.6 Å². The van der Waals surface area contributed by atoms with Gasteiger partial charge < -0.3 is 16.0 Å². The maximum atomic E-state index is 9.25. The number of anilines is 2. The van der Waals surface area contributed by atoms with E-state index in [4.69, 9.17) is 16.0 Å². The molecule has 108 valence electrons. The molecule has 3 rings (SSSR count). The molecule has 0 saturated heterocycles. The van der Waals surface area contributed by atoms with Crippen molar-refractivity contribution >= 4 is 11.8 Å². The Hall–Kier alpha value is -3.47. The molecule has 1 aromatic carbocycles. The molecule has 0 atom stereocenters. The summed E-state index contributed by atoms with van der Waals surface area (Å²) in [5, 5.41) is 13.1. The minimum Gasteiger partial charge on any atom is -0.382 e. The lowest BCUT2D eigenvalue weighted by Gasteiger charge is -2.07. The van der Waals surface area contributed by atoms with Gasteiger partial charge in [-0.15, -0.1) is 0 Å². The average Bonchev–Trinajstić information content (AvgIpc) is 2.93. The first-order valence-electron chi connectivity index (χ1n) is 6.32. The number of nitriles is 1. The SMILES string of the molecule is Cc1nc(-c2cccc(-c3nc(N)nc(N)c3C#N)c2)no1. The van der Waals surface area contributed by atoms with Crippen molar-refractivity contribution in [2.45, 2.75) is 6.92 Å². The average molecular weight is 293 g/mol. The molecule has 2 heterocycles. The Morgan fingerprint density at radius 3 is 2.59 bits per heavy atom. The van der Waals surface area contributed by atoms with E-state index in [1.807, 2.05) is 12.1 Å². The molecule has 8 nitrogen and oxygen atoms in total. The second kappa shape index (κ2) is 5.14. The number of rotatable bonds is 2. The van der Waals surface area contributed by atoms with Gasteiger partial charge in [0.2, 0.25) is 17.7 Å². The summed E-state index contributed by atoms with van der Waals surface area (Å²) in [6.45, 7) is 1.71. The molecule has 0 saturated carbocycles. The lowest BCUT2D eigenvalue weighted by Crippen LogP contribution is -2.05. The van der Waals surface area contributed by atoms with Crippen LogP contribution in [0, 0.1) is 18.3 Å². The minimum absolute atomic E-state index is 0.00677. The maximum absolute atomic E-state index is 9.25. The number of hydrogen-bond acceptors (Lipinski definition) is 8. The van der Waals surface area contributed by atoms with E-state index in [0.717, 1.165) is 5.56 Å². The van der Waals surface area contributed by atoms with Crippen molar-refractivity contribution in [1.29, 1.82) is 5.26 Å². The summed E-state index contributed by atoms with van der Waals surface area (Å²) in [7, 11) is 0.